The number of halogens is 1. The van der Waals surface area contributed by atoms with E-state index in [-0.39, 0.29) is 0 Å². The van der Waals surface area contributed by atoms with E-state index in [2.05, 4.69) is 14.7 Å². The zero-order chi connectivity index (χ0) is 15.6. The fourth-order valence-corrected chi connectivity index (χ4v) is 3.13. The SMILES string of the molecule is Clc1ccccc1-c1cc(Cn2ccnc2[C@@H]2CCOC2)no1. The Morgan fingerprint density at radius 2 is 2.22 bits per heavy atom. The van der Waals surface area contributed by atoms with Crippen molar-refractivity contribution in [1.82, 2.24) is 14.7 Å². The van der Waals surface area contributed by atoms with Crippen LogP contribution in [0, 0.1) is 0 Å². The van der Waals surface area contributed by atoms with Crippen LogP contribution in [-0.4, -0.2) is 27.9 Å². The van der Waals surface area contributed by atoms with Gasteiger partial charge in [-0.1, -0.05) is 28.9 Å². The van der Waals surface area contributed by atoms with Crippen LogP contribution in [-0.2, 0) is 11.3 Å². The molecule has 1 fully saturated rings. The number of benzene rings is 1. The molecule has 3 heterocycles. The topological polar surface area (TPSA) is 53.1 Å². The summed E-state index contributed by atoms with van der Waals surface area (Å²) in [4.78, 5) is 4.48. The molecule has 1 aromatic carbocycles. The first-order chi connectivity index (χ1) is 11.3. The minimum Gasteiger partial charge on any atom is -0.381 e. The highest BCUT2D eigenvalue weighted by molar-refractivity contribution is 6.33. The summed E-state index contributed by atoms with van der Waals surface area (Å²) in [6.07, 6.45) is 4.81. The third-order valence-corrected chi connectivity index (χ3v) is 4.40. The number of rotatable bonds is 4. The molecule has 5 nitrogen and oxygen atoms in total. The largest absolute Gasteiger partial charge is 0.381 e. The maximum Gasteiger partial charge on any atom is 0.168 e. The van der Waals surface area contributed by atoms with Gasteiger partial charge in [0.25, 0.3) is 0 Å². The number of hydrogen-bond acceptors (Lipinski definition) is 4. The van der Waals surface area contributed by atoms with Gasteiger partial charge in [-0.2, -0.15) is 0 Å². The summed E-state index contributed by atoms with van der Waals surface area (Å²) in [7, 11) is 0. The standard InChI is InChI=1S/C17H16ClN3O2/c18-15-4-2-1-3-14(15)16-9-13(20-23-16)10-21-7-6-19-17(21)12-5-8-22-11-12/h1-4,6-7,9,12H,5,8,10-11H2/t12-/m1/s1. The van der Waals surface area contributed by atoms with Gasteiger partial charge in [-0.05, 0) is 18.6 Å². The first kappa shape index (κ1) is 14.5. The third kappa shape index (κ3) is 2.90. The van der Waals surface area contributed by atoms with Crippen molar-refractivity contribution in [2.45, 2.75) is 18.9 Å². The highest BCUT2D eigenvalue weighted by Gasteiger charge is 2.22. The van der Waals surface area contributed by atoms with Gasteiger partial charge >= 0.3 is 0 Å². The lowest BCUT2D eigenvalue weighted by Crippen LogP contribution is -2.10. The number of nitrogens with zero attached hydrogens (tertiary/aromatic N) is 3. The second-order valence-corrected chi connectivity index (χ2v) is 6.04. The van der Waals surface area contributed by atoms with Gasteiger partial charge in [0.05, 0.1) is 18.2 Å². The Bertz CT molecular complexity index is 806. The average Bonchev–Trinajstić information content (AvgIpc) is 3.29. The van der Waals surface area contributed by atoms with Crippen LogP contribution in [0.2, 0.25) is 5.02 Å². The van der Waals surface area contributed by atoms with Crippen molar-refractivity contribution < 1.29 is 9.26 Å². The molecular formula is C17H16ClN3O2. The first-order valence-electron chi connectivity index (χ1n) is 7.60. The Balaban J connectivity index is 1.57. The van der Waals surface area contributed by atoms with E-state index in [1.165, 1.54) is 0 Å². The van der Waals surface area contributed by atoms with Gasteiger partial charge < -0.3 is 13.8 Å². The number of imidazole rings is 1. The Hall–Kier alpha value is -2.11. The molecule has 0 N–H and O–H groups in total. The van der Waals surface area contributed by atoms with E-state index >= 15 is 0 Å². The van der Waals surface area contributed by atoms with Gasteiger partial charge in [-0.15, -0.1) is 0 Å². The van der Waals surface area contributed by atoms with Crippen LogP contribution in [0.25, 0.3) is 11.3 Å². The molecule has 0 aliphatic carbocycles. The summed E-state index contributed by atoms with van der Waals surface area (Å²) in [5.41, 5.74) is 1.70. The summed E-state index contributed by atoms with van der Waals surface area (Å²) in [5, 5.41) is 4.82. The maximum absolute atomic E-state index is 6.21. The van der Waals surface area contributed by atoms with Crippen LogP contribution in [0.5, 0.6) is 0 Å². The molecule has 1 atom stereocenters. The lowest BCUT2D eigenvalue weighted by atomic mass is 10.1. The number of aromatic nitrogens is 3. The zero-order valence-corrected chi connectivity index (χ0v) is 13.2. The Morgan fingerprint density at radius 1 is 1.30 bits per heavy atom. The normalized spacial score (nSPS) is 17.7. The summed E-state index contributed by atoms with van der Waals surface area (Å²) in [5.74, 6) is 2.08. The van der Waals surface area contributed by atoms with Gasteiger partial charge in [-0.25, -0.2) is 4.98 Å². The van der Waals surface area contributed by atoms with Gasteiger partial charge in [0.15, 0.2) is 5.76 Å². The summed E-state index contributed by atoms with van der Waals surface area (Å²) < 4.78 is 13.0. The molecular weight excluding hydrogens is 314 g/mol. The minimum atomic E-state index is 0.361. The van der Waals surface area contributed by atoms with Gasteiger partial charge in [-0.3, -0.25) is 0 Å². The molecule has 118 valence electrons. The molecule has 0 bridgehead atoms. The lowest BCUT2D eigenvalue weighted by Gasteiger charge is -2.10. The molecule has 6 heteroatoms. The molecule has 1 aliphatic heterocycles. The van der Waals surface area contributed by atoms with Crippen molar-refractivity contribution in [2.24, 2.45) is 0 Å². The Morgan fingerprint density at radius 3 is 3.04 bits per heavy atom. The molecule has 23 heavy (non-hydrogen) atoms. The lowest BCUT2D eigenvalue weighted by molar-refractivity contribution is 0.192. The highest BCUT2D eigenvalue weighted by atomic mass is 35.5. The van der Waals surface area contributed by atoms with Crippen LogP contribution >= 0.6 is 11.6 Å². The summed E-state index contributed by atoms with van der Waals surface area (Å²) in [6.45, 7) is 2.17. The van der Waals surface area contributed by atoms with Crippen molar-refractivity contribution in [1.29, 1.82) is 0 Å². The van der Waals surface area contributed by atoms with Crippen molar-refractivity contribution >= 4 is 11.6 Å². The van der Waals surface area contributed by atoms with E-state index in [1.54, 1.807) is 0 Å². The van der Waals surface area contributed by atoms with Crippen LogP contribution in [0.15, 0.2) is 47.2 Å². The number of hydrogen-bond donors (Lipinski definition) is 0. The first-order valence-corrected chi connectivity index (χ1v) is 7.98. The van der Waals surface area contributed by atoms with Gasteiger partial charge in [0.2, 0.25) is 0 Å². The van der Waals surface area contributed by atoms with E-state index in [1.807, 2.05) is 42.7 Å². The number of ether oxygens (including phenoxy) is 1. The Kier molecular flexibility index (Phi) is 3.89. The maximum atomic E-state index is 6.21. The highest BCUT2D eigenvalue weighted by Crippen LogP contribution is 2.29. The van der Waals surface area contributed by atoms with E-state index in [9.17, 15) is 0 Å². The fraction of sp³-hybridized carbons (Fsp3) is 0.294. The molecule has 0 saturated carbocycles. The molecule has 0 unspecified atom stereocenters. The van der Waals surface area contributed by atoms with E-state index in [4.69, 9.17) is 20.9 Å². The molecule has 3 aromatic rings. The quantitative estimate of drug-likeness (QED) is 0.731. The smallest absolute Gasteiger partial charge is 0.168 e. The molecule has 4 rings (SSSR count). The molecule has 0 radical (unpaired) electrons. The summed E-state index contributed by atoms with van der Waals surface area (Å²) >= 11 is 6.21. The fourth-order valence-electron chi connectivity index (χ4n) is 2.90. The third-order valence-electron chi connectivity index (χ3n) is 4.07. The Labute approximate surface area is 138 Å². The van der Waals surface area contributed by atoms with E-state index < -0.39 is 0 Å². The second kappa shape index (κ2) is 6.18. The van der Waals surface area contributed by atoms with E-state index in [0.29, 0.717) is 23.2 Å². The van der Waals surface area contributed by atoms with Crippen LogP contribution in [0.1, 0.15) is 23.9 Å². The molecule has 2 aromatic heterocycles. The van der Waals surface area contributed by atoms with E-state index in [0.717, 1.165) is 36.7 Å². The minimum absolute atomic E-state index is 0.361. The zero-order valence-electron chi connectivity index (χ0n) is 12.5. The average molecular weight is 330 g/mol. The van der Waals surface area contributed by atoms with Gasteiger partial charge in [0.1, 0.15) is 11.5 Å². The van der Waals surface area contributed by atoms with Crippen molar-refractivity contribution in [2.75, 3.05) is 13.2 Å². The molecule has 0 spiro atoms. The second-order valence-electron chi connectivity index (χ2n) is 5.64. The molecule has 0 amide bonds. The van der Waals surface area contributed by atoms with Crippen LogP contribution < -0.4 is 0 Å². The van der Waals surface area contributed by atoms with Crippen molar-refractivity contribution in [3.05, 3.63) is 59.3 Å². The van der Waals surface area contributed by atoms with Crippen molar-refractivity contribution in [3.8, 4) is 11.3 Å². The van der Waals surface area contributed by atoms with Crippen LogP contribution in [0.4, 0.5) is 0 Å². The van der Waals surface area contributed by atoms with Gasteiger partial charge in [0, 0.05) is 36.5 Å². The monoisotopic (exact) mass is 329 g/mol. The molecule has 1 saturated heterocycles. The predicted octanol–water partition coefficient (Wildman–Crippen LogP) is 3.74. The van der Waals surface area contributed by atoms with Crippen molar-refractivity contribution in [3.63, 3.8) is 0 Å². The predicted molar refractivity (Wildman–Crippen MR) is 86.5 cm³/mol. The van der Waals surface area contributed by atoms with Crippen LogP contribution in [0.3, 0.4) is 0 Å². The summed E-state index contributed by atoms with van der Waals surface area (Å²) in [6, 6.07) is 9.51. The molecule has 1 aliphatic rings.